The van der Waals surface area contributed by atoms with Gasteiger partial charge < -0.3 is 10.3 Å². The molecule has 2 N–H and O–H groups in total. The summed E-state index contributed by atoms with van der Waals surface area (Å²) in [4.78, 5) is 24.4. The van der Waals surface area contributed by atoms with Gasteiger partial charge in [-0.25, -0.2) is 14.3 Å². The molecule has 2 aromatic carbocycles. The first kappa shape index (κ1) is 19.6. The average Bonchev–Trinajstić information content (AvgIpc) is 3.07. The van der Waals surface area contributed by atoms with Gasteiger partial charge in [-0.2, -0.15) is 15.5 Å². The lowest BCUT2D eigenvalue weighted by Crippen LogP contribution is -2.17. The third-order valence-corrected chi connectivity index (χ3v) is 4.78. The standard InChI is InChI=1S/C23H17N7O/c1-14-10-17(4-3-9-24)11-15(2)20(14)30-21-19(28-23(30)31)13-26-22(29-21)27-18-7-5-16(12-25)6-8-18/h3-8,10-11,13H,1-2H3,(H,28,31)(H,26,27,29)/b4-3+. The molecule has 0 radical (unpaired) electrons. The number of nitrogens with zero attached hydrogens (tertiary/aromatic N) is 5. The summed E-state index contributed by atoms with van der Waals surface area (Å²) in [6.45, 7) is 3.82. The number of aromatic amines is 1. The maximum absolute atomic E-state index is 12.8. The molecule has 0 spiro atoms. The van der Waals surface area contributed by atoms with Crippen LogP contribution in [0, 0.1) is 36.5 Å². The molecule has 0 atom stereocenters. The van der Waals surface area contributed by atoms with Gasteiger partial charge in [-0.05, 0) is 73.0 Å². The van der Waals surface area contributed by atoms with Gasteiger partial charge in [0.05, 0.1) is 29.6 Å². The Bertz CT molecular complexity index is 1440. The van der Waals surface area contributed by atoms with Crippen molar-refractivity contribution in [3.63, 3.8) is 0 Å². The quantitative estimate of drug-likeness (QED) is 0.495. The SMILES string of the molecule is Cc1cc(/C=C/C#N)cc(C)c1-n1c(=O)[nH]c2cnc(Nc3ccc(C#N)cc3)nc21. The van der Waals surface area contributed by atoms with Crippen molar-refractivity contribution in [1.29, 1.82) is 10.5 Å². The molecule has 2 heterocycles. The Morgan fingerprint density at radius 2 is 1.84 bits per heavy atom. The van der Waals surface area contributed by atoms with Gasteiger partial charge in [0.25, 0.3) is 0 Å². The topological polar surface area (TPSA) is 123 Å². The molecule has 0 aliphatic carbocycles. The fraction of sp³-hybridized carbons (Fsp3) is 0.0870. The van der Waals surface area contributed by atoms with E-state index in [-0.39, 0.29) is 5.69 Å². The highest BCUT2D eigenvalue weighted by molar-refractivity contribution is 5.75. The lowest BCUT2D eigenvalue weighted by Gasteiger charge is -2.12. The predicted molar refractivity (Wildman–Crippen MR) is 118 cm³/mol. The number of fused-ring (bicyclic) bond motifs is 1. The van der Waals surface area contributed by atoms with Crippen molar-refractivity contribution < 1.29 is 0 Å². The molecular weight excluding hydrogens is 390 g/mol. The first-order valence-electron chi connectivity index (χ1n) is 9.43. The smallest absolute Gasteiger partial charge is 0.324 e. The van der Waals surface area contributed by atoms with Crippen molar-refractivity contribution in [3.8, 4) is 17.8 Å². The van der Waals surface area contributed by atoms with E-state index in [9.17, 15) is 4.79 Å². The number of aromatic nitrogens is 4. The van der Waals surface area contributed by atoms with Crippen LogP contribution in [0.25, 0.3) is 22.9 Å². The van der Waals surface area contributed by atoms with Crippen LogP contribution in [-0.2, 0) is 0 Å². The number of benzene rings is 2. The summed E-state index contributed by atoms with van der Waals surface area (Å²) >= 11 is 0. The molecule has 0 saturated heterocycles. The van der Waals surface area contributed by atoms with E-state index in [4.69, 9.17) is 10.5 Å². The lowest BCUT2D eigenvalue weighted by molar-refractivity contribution is 0.974. The third kappa shape index (κ3) is 3.78. The zero-order valence-corrected chi connectivity index (χ0v) is 16.8. The fourth-order valence-electron chi connectivity index (χ4n) is 3.50. The van der Waals surface area contributed by atoms with Crippen molar-refractivity contribution in [2.24, 2.45) is 0 Å². The van der Waals surface area contributed by atoms with E-state index >= 15 is 0 Å². The number of hydrogen-bond donors (Lipinski definition) is 2. The molecule has 2 aromatic heterocycles. The van der Waals surface area contributed by atoms with E-state index in [2.05, 4.69) is 26.3 Å². The number of anilines is 2. The molecule has 150 valence electrons. The first-order chi connectivity index (χ1) is 15.0. The number of H-pyrrole nitrogens is 1. The highest BCUT2D eigenvalue weighted by Crippen LogP contribution is 2.24. The molecule has 0 aliphatic heterocycles. The van der Waals surface area contributed by atoms with E-state index in [0.29, 0.717) is 22.7 Å². The number of hydrogen-bond acceptors (Lipinski definition) is 6. The minimum absolute atomic E-state index is 0.314. The summed E-state index contributed by atoms with van der Waals surface area (Å²) in [6, 6.07) is 14.8. The maximum Gasteiger partial charge on any atom is 0.332 e. The highest BCUT2D eigenvalue weighted by atomic mass is 16.1. The number of imidazole rings is 1. The van der Waals surface area contributed by atoms with Crippen LogP contribution in [0.2, 0.25) is 0 Å². The minimum atomic E-state index is -0.314. The Morgan fingerprint density at radius 1 is 1.13 bits per heavy atom. The summed E-state index contributed by atoms with van der Waals surface area (Å²) in [6.07, 6.45) is 4.70. The third-order valence-electron chi connectivity index (χ3n) is 4.78. The van der Waals surface area contributed by atoms with Gasteiger partial charge >= 0.3 is 5.69 Å². The molecule has 4 rings (SSSR count). The van der Waals surface area contributed by atoms with Crippen molar-refractivity contribution in [2.45, 2.75) is 13.8 Å². The van der Waals surface area contributed by atoms with Crippen LogP contribution < -0.4 is 11.0 Å². The number of nitrogens with one attached hydrogen (secondary N) is 2. The van der Waals surface area contributed by atoms with Crippen LogP contribution in [0.4, 0.5) is 11.6 Å². The Labute approximate surface area is 177 Å². The summed E-state index contributed by atoms with van der Waals surface area (Å²) in [7, 11) is 0. The molecule has 0 aliphatic rings. The molecule has 0 unspecified atom stereocenters. The van der Waals surface area contributed by atoms with Crippen LogP contribution in [0.3, 0.4) is 0 Å². The second-order valence-electron chi connectivity index (χ2n) is 6.98. The second-order valence-corrected chi connectivity index (χ2v) is 6.98. The lowest BCUT2D eigenvalue weighted by atomic mass is 10.0. The molecule has 0 bridgehead atoms. The Hall–Kier alpha value is -4.69. The predicted octanol–water partition coefficient (Wildman–Crippen LogP) is 3.88. The summed E-state index contributed by atoms with van der Waals surface area (Å²) in [5.74, 6) is 0.328. The van der Waals surface area contributed by atoms with Gasteiger partial charge in [0.1, 0.15) is 5.52 Å². The summed E-state index contributed by atoms with van der Waals surface area (Å²) in [5.41, 5.74) is 5.29. The Morgan fingerprint density at radius 3 is 2.48 bits per heavy atom. The average molecular weight is 407 g/mol. The van der Waals surface area contributed by atoms with Crippen molar-refractivity contribution in [3.05, 3.63) is 81.4 Å². The Balaban J connectivity index is 1.80. The fourth-order valence-corrected chi connectivity index (χ4v) is 3.50. The van der Waals surface area contributed by atoms with E-state index < -0.39 is 0 Å². The molecule has 0 fully saturated rings. The minimum Gasteiger partial charge on any atom is -0.324 e. The van der Waals surface area contributed by atoms with Gasteiger partial charge in [-0.15, -0.1) is 0 Å². The zero-order valence-electron chi connectivity index (χ0n) is 16.8. The van der Waals surface area contributed by atoms with E-state index in [1.165, 1.54) is 10.6 Å². The van der Waals surface area contributed by atoms with E-state index in [1.807, 2.05) is 32.0 Å². The molecule has 0 amide bonds. The largest absolute Gasteiger partial charge is 0.332 e. The summed E-state index contributed by atoms with van der Waals surface area (Å²) < 4.78 is 1.53. The van der Waals surface area contributed by atoms with Gasteiger partial charge in [-0.1, -0.05) is 0 Å². The van der Waals surface area contributed by atoms with E-state index in [1.54, 1.807) is 36.5 Å². The van der Waals surface area contributed by atoms with Crippen molar-refractivity contribution >= 4 is 28.9 Å². The van der Waals surface area contributed by atoms with Gasteiger partial charge in [0, 0.05) is 11.8 Å². The summed E-state index contributed by atoms with van der Waals surface area (Å²) in [5, 5.41) is 20.8. The Kier molecular flexibility index (Phi) is 5.05. The van der Waals surface area contributed by atoms with Crippen molar-refractivity contribution in [2.75, 3.05) is 5.32 Å². The van der Waals surface area contributed by atoms with Gasteiger partial charge in [0.15, 0.2) is 5.65 Å². The van der Waals surface area contributed by atoms with E-state index in [0.717, 1.165) is 28.1 Å². The molecule has 8 nitrogen and oxygen atoms in total. The molecule has 0 saturated carbocycles. The molecule has 31 heavy (non-hydrogen) atoms. The van der Waals surface area contributed by atoms with Crippen LogP contribution in [0.1, 0.15) is 22.3 Å². The van der Waals surface area contributed by atoms with Crippen LogP contribution in [0.5, 0.6) is 0 Å². The van der Waals surface area contributed by atoms with Crippen LogP contribution in [0.15, 0.2) is 53.5 Å². The second kappa shape index (κ2) is 7.97. The number of rotatable bonds is 4. The number of allylic oxidation sites excluding steroid dienone is 1. The van der Waals surface area contributed by atoms with Gasteiger partial charge in [0.2, 0.25) is 5.95 Å². The maximum atomic E-state index is 12.8. The number of nitriles is 2. The molecule has 4 aromatic rings. The molecule has 8 heteroatoms. The molecular formula is C23H17N7O. The zero-order chi connectivity index (χ0) is 22.0. The highest BCUT2D eigenvalue weighted by Gasteiger charge is 2.16. The normalized spacial score (nSPS) is 10.8. The van der Waals surface area contributed by atoms with Crippen molar-refractivity contribution in [1.82, 2.24) is 19.5 Å². The monoisotopic (exact) mass is 407 g/mol. The van der Waals surface area contributed by atoms with Crippen LogP contribution >= 0.6 is 0 Å². The number of aryl methyl sites for hydroxylation is 2. The van der Waals surface area contributed by atoms with Crippen LogP contribution in [-0.4, -0.2) is 19.5 Å². The first-order valence-corrected chi connectivity index (χ1v) is 9.43. The van der Waals surface area contributed by atoms with Gasteiger partial charge in [-0.3, -0.25) is 0 Å².